The van der Waals surface area contributed by atoms with Gasteiger partial charge in [-0.05, 0) is 31.2 Å². The van der Waals surface area contributed by atoms with Gasteiger partial charge in [-0.15, -0.1) is 0 Å². The average molecular weight is 437 g/mol. The van der Waals surface area contributed by atoms with E-state index in [9.17, 15) is 14.4 Å². The summed E-state index contributed by atoms with van der Waals surface area (Å²) in [7, 11) is 0. The second-order valence-electron chi connectivity index (χ2n) is 5.53. The molecule has 0 saturated carbocycles. The molecule has 3 amide bonds. The summed E-state index contributed by atoms with van der Waals surface area (Å²) < 4.78 is 5.51. The largest absolute Gasteiger partial charge is 0.483 e. The van der Waals surface area contributed by atoms with Crippen molar-refractivity contribution in [2.75, 3.05) is 18.5 Å². The number of nitrogens with one attached hydrogen (secondary N) is 3. The summed E-state index contributed by atoms with van der Waals surface area (Å²) in [4.78, 5) is 35.0. The number of carbonyl (C=O) groups is 3. The van der Waals surface area contributed by atoms with Gasteiger partial charge < -0.3 is 15.4 Å². The van der Waals surface area contributed by atoms with Crippen molar-refractivity contribution in [3.63, 3.8) is 0 Å². The summed E-state index contributed by atoms with van der Waals surface area (Å²) in [6, 6.07) is 11.6. The van der Waals surface area contributed by atoms with Crippen LogP contribution in [-0.2, 0) is 14.4 Å². The molecule has 10 heteroatoms. The zero-order valence-electron chi connectivity index (χ0n) is 15.4. The van der Waals surface area contributed by atoms with E-state index >= 15 is 0 Å². The van der Waals surface area contributed by atoms with E-state index < -0.39 is 17.7 Å². The number of nitrogens with zero attached hydrogens (tertiary/aromatic N) is 1. The molecule has 29 heavy (non-hydrogen) atoms. The van der Waals surface area contributed by atoms with E-state index in [1.165, 1.54) is 6.21 Å². The van der Waals surface area contributed by atoms with Crippen molar-refractivity contribution in [1.29, 1.82) is 0 Å². The quantitative estimate of drug-likeness (QED) is 0.352. The Hall–Kier alpha value is -3.10. The van der Waals surface area contributed by atoms with Crippen LogP contribution in [0.4, 0.5) is 5.69 Å². The van der Waals surface area contributed by atoms with Crippen LogP contribution in [0.15, 0.2) is 47.6 Å². The zero-order chi connectivity index (χ0) is 21.2. The van der Waals surface area contributed by atoms with Crippen molar-refractivity contribution < 1.29 is 19.1 Å². The lowest BCUT2D eigenvalue weighted by Gasteiger charge is -2.11. The van der Waals surface area contributed by atoms with Crippen molar-refractivity contribution in [1.82, 2.24) is 10.7 Å². The summed E-state index contributed by atoms with van der Waals surface area (Å²) in [5.74, 6) is -1.76. The van der Waals surface area contributed by atoms with Gasteiger partial charge in [0.2, 0.25) is 0 Å². The van der Waals surface area contributed by atoms with Crippen LogP contribution in [0, 0.1) is 0 Å². The molecule has 0 bridgehead atoms. The molecule has 0 radical (unpaired) electrons. The molecule has 0 saturated heterocycles. The smallest absolute Gasteiger partial charge is 0.329 e. The number of anilines is 1. The Bertz CT molecular complexity index is 934. The minimum atomic E-state index is -0.890. The third kappa shape index (κ3) is 6.78. The molecule has 0 atom stereocenters. The van der Waals surface area contributed by atoms with Crippen molar-refractivity contribution >= 4 is 52.8 Å². The normalized spacial score (nSPS) is 10.4. The Morgan fingerprint density at radius 1 is 1.07 bits per heavy atom. The van der Waals surface area contributed by atoms with E-state index in [1.54, 1.807) is 49.4 Å². The molecule has 0 aliphatic rings. The highest BCUT2D eigenvalue weighted by atomic mass is 35.5. The Morgan fingerprint density at radius 2 is 1.83 bits per heavy atom. The van der Waals surface area contributed by atoms with E-state index in [4.69, 9.17) is 27.9 Å². The van der Waals surface area contributed by atoms with Crippen LogP contribution < -0.4 is 20.8 Å². The number of hydrazone groups is 1. The molecule has 3 N–H and O–H groups in total. The third-order valence-corrected chi connectivity index (χ3v) is 4.24. The molecular weight excluding hydrogens is 419 g/mol. The van der Waals surface area contributed by atoms with Crippen molar-refractivity contribution in [3.05, 3.63) is 58.1 Å². The first kappa shape index (κ1) is 22.2. The van der Waals surface area contributed by atoms with Gasteiger partial charge in [-0.25, -0.2) is 5.43 Å². The number of carbonyl (C=O) groups excluding carboxylic acids is 3. The predicted molar refractivity (Wildman–Crippen MR) is 111 cm³/mol. The number of para-hydroxylation sites is 1. The van der Waals surface area contributed by atoms with Crippen LogP contribution in [0.3, 0.4) is 0 Å². The summed E-state index contributed by atoms with van der Waals surface area (Å²) >= 11 is 12.0. The first-order chi connectivity index (χ1) is 13.9. The van der Waals surface area contributed by atoms with E-state index in [2.05, 4.69) is 21.2 Å². The summed E-state index contributed by atoms with van der Waals surface area (Å²) in [6.07, 6.45) is 1.30. The summed E-state index contributed by atoms with van der Waals surface area (Å²) in [6.45, 7) is 1.73. The standard InChI is InChI=1S/C19H18Cl2N4O4/c1-2-22-18(27)19(28)25-23-10-12-6-3-4-9-15(12)29-11-16(26)24-14-8-5-7-13(20)17(14)21/h3-10H,2,11H2,1H3,(H,22,27)(H,24,26)(H,25,28)/b23-10-. The average Bonchev–Trinajstić information content (AvgIpc) is 2.70. The van der Waals surface area contributed by atoms with Gasteiger partial charge in [0, 0.05) is 12.1 Å². The monoisotopic (exact) mass is 436 g/mol. The highest BCUT2D eigenvalue weighted by Crippen LogP contribution is 2.29. The molecule has 0 aromatic heterocycles. The second-order valence-corrected chi connectivity index (χ2v) is 6.32. The molecule has 152 valence electrons. The van der Waals surface area contributed by atoms with Crippen molar-refractivity contribution in [3.8, 4) is 5.75 Å². The summed E-state index contributed by atoms with van der Waals surface area (Å²) in [5.41, 5.74) is 2.98. The van der Waals surface area contributed by atoms with E-state index in [1.807, 2.05) is 0 Å². The van der Waals surface area contributed by atoms with E-state index in [0.29, 0.717) is 28.6 Å². The number of benzene rings is 2. The molecule has 0 aliphatic heterocycles. The second kappa shape index (κ2) is 11.0. The highest BCUT2D eigenvalue weighted by Gasteiger charge is 2.11. The van der Waals surface area contributed by atoms with E-state index in [0.717, 1.165) is 0 Å². The van der Waals surface area contributed by atoms with Gasteiger partial charge in [0.1, 0.15) is 5.75 Å². The number of rotatable bonds is 7. The lowest BCUT2D eigenvalue weighted by atomic mass is 10.2. The van der Waals surface area contributed by atoms with Crippen molar-refractivity contribution in [2.45, 2.75) is 6.92 Å². The highest BCUT2D eigenvalue weighted by molar-refractivity contribution is 6.44. The molecule has 8 nitrogen and oxygen atoms in total. The van der Waals surface area contributed by atoms with Gasteiger partial charge in [0.05, 0.1) is 21.9 Å². The van der Waals surface area contributed by atoms with Crippen LogP contribution in [-0.4, -0.2) is 37.1 Å². The van der Waals surface area contributed by atoms with Gasteiger partial charge >= 0.3 is 11.8 Å². The third-order valence-electron chi connectivity index (χ3n) is 3.42. The van der Waals surface area contributed by atoms with Crippen LogP contribution in [0.1, 0.15) is 12.5 Å². The van der Waals surface area contributed by atoms with Crippen molar-refractivity contribution in [2.24, 2.45) is 5.10 Å². The number of halogens is 2. The molecule has 0 aliphatic carbocycles. The number of hydrogen-bond donors (Lipinski definition) is 3. The Balaban J connectivity index is 1.95. The first-order valence-electron chi connectivity index (χ1n) is 8.49. The Morgan fingerprint density at radius 3 is 2.59 bits per heavy atom. The molecule has 0 fully saturated rings. The topological polar surface area (TPSA) is 109 Å². The van der Waals surface area contributed by atoms with Gasteiger partial charge in [0.25, 0.3) is 5.91 Å². The molecule has 2 rings (SSSR count). The Labute approximate surface area is 177 Å². The van der Waals surface area contributed by atoms with Gasteiger partial charge in [-0.1, -0.05) is 41.4 Å². The first-order valence-corrected chi connectivity index (χ1v) is 9.25. The Kier molecular flexibility index (Phi) is 8.45. The van der Waals surface area contributed by atoms with Crippen LogP contribution in [0.25, 0.3) is 0 Å². The maximum Gasteiger partial charge on any atom is 0.329 e. The fourth-order valence-electron chi connectivity index (χ4n) is 2.10. The molecule has 0 unspecified atom stereocenters. The van der Waals surface area contributed by atoms with E-state index in [-0.39, 0.29) is 11.6 Å². The lowest BCUT2D eigenvalue weighted by molar-refractivity contribution is -0.139. The van der Waals surface area contributed by atoms with Gasteiger partial charge in [-0.2, -0.15) is 5.10 Å². The van der Waals surface area contributed by atoms with Crippen LogP contribution >= 0.6 is 23.2 Å². The van der Waals surface area contributed by atoms with Crippen LogP contribution in [0.5, 0.6) is 5.75 Å². The zero-order valence-corrected chi connectivity index (χ0v) is 16.9. The minimum absolute atomic E-state index is 0.234. The maximum absolute atomic E-state index is 12.1. The number of amides is 3. The maximum atomic E-state index is 12.1. The molecular formula is C19H18Cl2N4O4. The fourth-order valence-corrected chi connectivity index (χ4v) is 2.45. The SMILES string of the molecule is CCNC(=O)C(=O)N/N=C\c1ccccc1OCC(=O)Nc1cccc(Cl)c1Cl. The predicted octanol–water partition coefficient (Wildman–Crippen LogP) is 2.60. The van der Waals surface area contributed by atoms with Gasteiger partial charge in [0.15, 0.2) is 6.61 Å². The summed E-state index contributed by atoms with van der Waals surface area (Å²) in [5, 5.41) is 9.24. The molecule has 0 spiro atoms. The van der Waals surface area contributed by atoms with Crippen LogP contribution in [0.2, 0.25) is 10.0 Å². The van der Waals surface area contributed by atoms with Gasteiger partial charge in [-0.3, -0.25) is 14.4 Å². The molecule has 2 aromatic carbocycles. The lowest BCUT2D eigenvalue weighted by Crippen LogP contribution is -2.37. The fraction of sp³-hybridized carbons (Fsp3) is 0.158. The number of hydrogen-bond acceptors (Lipinski definition) is 5. The minimum Gasteiger partial charge on any atom is -0.483 e. The number of ether oxygens (including phenoxy) is 1. The molecule has 2 aromatic rings. The molecule has 0 heterocycles. The number of likely N-dealkylation sites (N-methyl/N-ethyl adjacent to an activating group) is 1.